The summed E-state index contributed by atoms with van der Waals surface area (Å²) in [5.41, 5.74) is 0. The Balaban J connectivity index is -0.000000281. The molecule has 1 N–H and O–H groups in total. The Labute approximate surface area is 163 Å². The van der Waals surface area contributed by atoms with Crippen LogP contribution in [0.25, 0.3) is 0 Å². The number of hydrogen-bond donors (Lipinski definition) is 1. The first kappa shape index (κ1) is 28.6. The molecule has 0 atom stereocenters. The van der Waals surface area contributed by atoms with Crippen LogP contribution in [-0.2, 0) is 0 Å². The molecular formula is C21H34N3O3+. The minimum Gasteiger partial charge on any atom is -0.619 e. The molecule has 3 heterocycles. The molecule has 0 aliphatic rings. The van der Waals surface area contributed by atoms with Crippen LogP contribution in [0.3, 0.4) is 0 Å². The third-order valence-electron chi connectivity index (χ3n) is 2.08. The van der Waals surface area contributed by atoms with E-state index in [0.717, 1.165) is 14.2 Å². The number of nitrogens with zero attached hydrogens (tertiary/aromatic N) is 3. The molecule has 0 aromatic carbocycles. The number of rotatable bonds is 0. The molecular weight excluding hydrogens is 342 g/mol. The van der Waals surface area contributed by atoms with Gasteiger partial charge in [0.15, 0.2) is 24.8 Å². The molecule has 0 saturated heterocycles. The molecule has 3 aromatic rings. The van der Waals surface area contributed by atoms with Crippen molar-refractivity contribution in [3.8, 4) is 0 Å². The summed E-state index contributed by atoms with van der Waals surface area (Å²) < 4.78 is 2.50. The van der Waals surface area contributed by atoms with Crippen molar-refractivity contribution < 1.29 is 19.4 Å². The highest BCUT2D eigenvalue weighted by Gasteiger charge is 1.82. The smallest absolute Gasteiger partial charge is 0.222 e. The molecule has 0 aliphatic carbocycles. The molecule has 0 amide bonds. The third kappa shape index (κ3) is 22.9. The second kappa shape index (κ2) is 25.1. The van der Waals surface area contributed by atoms with Crippen LogP contribution in [0, 0.1) is 10.4 Å². The topological polar surface area (TPSA) is 78.0 Å². The zero-order valence-corrected chi connectivity index (χ0v) is 17.3. The lowest BCUT2D eigenvalue weighted by Crippen LogP contribution is -2.27. The van der Waals surface area contributed by atoms with Crippen molar-refractivity contribution in [3.63, 3.8) is 0 Å². The molecule has 0 bridgehead atoms. The highest BCUT2D eigenvalue weighted by atomic mass is 16.5. The van der Waals surface area contributed by atoms with E-state index < -0.39 is 0 Å². The lowest BCUT2D eigenvalue weighted by atomic mass is 10.5. The van der Waals surface area contributed by atoms with Gasteiger partial charge in [-0.2, -0.15) is 9.46 Å². The van der Waals surface area contributed by atoms with Crippen LogP contribution in [0.15, 0.2) is 91.8 Å². The van der Waals surface area contributed by atoms with E-state index in [1.807, 2.05) is 47.6 Å². The van der Waals surface area contributed by atoms with Crippen LogP contribution in [0.2, 0.25) is 0 Å². The summed E-state index contributed by atoms with van der Waals surface area (Å²) >= 11 is 0. The van der Waals surface area contributed by atoms with E-state index in [9.17, 15) is 10.4 Å². The lowest BCUT2D eigenvalue weighted by molar-refractivity contribution is -0.904. The van der Waals surface area contributed by atoms with Crippen molar-refractivity contribution in [2.45, 2.75) is 41.5 Å². The van der Waals surface area contributed by atoms with Gasteiger partial charge in [-0.3, -0.25) is 5.21 Å². The highest BCUT2D eigenvalue weighted by molar-refractivity contribution is 4.84. The van der Waals surface area contributed by atoms with Gasteiger partial charge in [0, 0.05) is 41.1 Å². The van der Waals surface area contributed by atoms with Gasteiger partial charge in [-0.1, -0.05) is 59.7 Å². The maximum absolute atomic E-state index is 10.2. The number of hydrogen-bond acceptors (Lipinski definition) is 3. The van der Waals surface area contributed by atoms with E-state index in [1.54, 1.807) is 60.9 Å². The third-order valence-corrected chi connectivity index (χ3v) is 2.08. The van der Waals surface area contributed by atoms with Gasteiger partial charge in [0.05, 0.1) is 0 Å². The second-order valence-electron chi connectivity index (χ2n) is 3.73. The summed E-state index contributed by atoms with van der Waals surface area (Å²) in [6, 6.07) is 15.7. The first-order chi connectivity index (χ1) is 13.2. The van der Waals surface area contributed by atoms with Gasteiger partial charge in [0.25, 0.3) is 0 Å². The van der Waals surface area contributed by atoms with Crippen LogP contribution in [-0.4, -0.2) is 5.21 Å². The van der Waals surface area contributed by atoms with E-state index in [2.05, 4.69) is 0 Å². The Bertz CT molecular complexity index is 506. The van der Waals surface area contributed by atoms with Gasteiger partial charge < -0.3 is 10.4 Å². The van der Waals surface area contributed by atoms with Gasteiger partial charge >= 0.3 is 0 Å². The standard InChI is InChI=1S/C5H6NO.2C5H5NO.3C2H6/c3*7-6-4-2-1-3-5-6;3*1-2/h1-5,7H;2*1-5H;3*1-2H3/q+1;;;;;. The largest absolute Gasteiger partial charge is 0.619 e. The minimum atomic E-state index is 0.750. The first-order valence-electron chi connectivity index (χ1n) is 9.11. The van der Waals surface area contributed by atoms with E-state index in [4.69, 9.17) is 5.21 Å². The molecule has 6 heteroatoms. The van der Waals surface area contributed by atoms with Gasteiger partial charge in [-0.15, -0.1) is 0 Å². The molecule has 3 aromatic heterocycles. The average Bonchev–Trinajstić information content (AvgIpc) is 2.75. The summed E-state index contributed by atoms with van der Waals surface area (Å²) in [6.45, 7) is 12.0. The fourth-order valence-corrected chi connectivity index (χ4v) is 1.16. The zero-order valence-electron chi connectivity index (χ0n) is 17.3. The van der Waals surface area contributed by atoms with Crippen LogP contribution in [0.5, 0.6) is 0 Å². The van der Waals surface area contributed by atoms with Gasteiger partial charge in [0.1, 0.15) is 0 Å². The molecule has 0 unspecified atom stereocenters. The van der Waals surface area contributed by atoms with Crippen molar-refractivity contribution in [2.75, 3.05) is 0 Å². The maximum atomic E-state index is 10.2. The van der Waals surface area contributed by atoms with E-state index in [0.29, 0.717) is 0 Å². The van der Waals surface area contributed by atoms with Crippen molar-refractivity contribution >= 4 is 0 Å². The van der Waals surface area contributed by atoms with Crippen molar-refractivity contribution in [1.82, 2.24) is 0 Å². The number of aromatic nitrogens is 3. The monoisotopic (exact) mass is 376 g/mol. The minimum absolute atomic E-state index is 0.750. The Morgan fingerprint density at radius 2 is 0.667 bits per heavy atom. The Morgan fingerprint density at radius 3 is 0.778 bits per heavy atom. The molecule has 0 aliphatic heterocycles. The molecule has 3 rings (SSSR count). The van der Waals surface area contributed by atoms with Crippen LogP contribution >= 0.6 is 0 Å². The molecule has 0 fully saturated rings. The second-order valence-corrected chi connectivity index (χ2v) is 3.73. The average molecular weight is 377 g/mol. The summed E-state index contributed by atoms with van der Waals surface area (Å²) in [5.74, 6) is 0. The predicted molar refractivity (Wildman–Crippen MR) is 109 cm³/mol. The molecule has 6 nitrogen and oxygen atoms in total. The summed E-state index contributed by atoms with van der Waals surface area (Å²) in [6.07, 6.45) is 8.89. The first-order valence-corrected chi connectivity index (χ1v) is 9.11. The quantitative estimate of drug-likeness (QED) is 0.367. The van der Waals surface area contributed by atoms with E-state index in [1.165, 1.54) is 24.8 Å². The SMILES string of the molecule is CC.CC.CC.O[n+]1ccccc1.[O-][n+]1ccccc1.[O-][n+]1ccccc1. The fourth-order valence-electron chi connectivity index (χ4n) is 1.16. The maximum Gasteiger partial charge on any atom is 0.222 e. The Morgan fingerprint density at radius 1 is 0.444 bits per heavy atom. The molecule has 27 heavy (non-hydrogen) atoms. The van der Waals surface area contributed by atoms with E-state index in [-0.39, 0.29) is 0 Å². The van der Waals surface area contributed by atoms with Crippen molar-refractivity contribution in [2.24, 2.45) is 0 Å². The summed E-state index contributed by atoms with van der Waals surface area (Å²) in [7, 11) is 0. The molecule has 150 valence electrons. The lowest BCUT2D eigenvalue weighted by Gasteiger charge is -1.88. The zero-order chi connectivity index (χ0) is 21.3. The number of pyridine rings is 3. The predicted octanol–water partition coefficient (Wildman–Crippen LogP) is 3.93. The molecule has 0 spiro atoms. The van der Waals surface area contributed by atoms with E-state index >= 15 is 0 Å². The Hall–Kier alpha value is -3.15. The summed E-state index contributed by atoms with van der Waals surface area (Å²) in [4.78, 5) is 0. The van der Waals surface area contributed by atoms with Crippen molar-refractivity contribution in [3.05, 3.63) is 102 Å². The molecule has 0 saturated carbocycles. The Kier molecular flexibility index (Phi) is 26.6. The van der Waals surface area contributed by atoms with Crippen molar-refractivity contribution in [1.29, 1.82) is 0 Å². The summed E-state index contributed by atoms with van der Waals surface area (Å²) in [5, 5.41) is 28.9. The van der Waals surface area contributed by atoms with Crippen LogP contribution in [0.1, 0.15) is 41.5 Å². The van der Waals surface area contributed by atoms with Gasteiger partial charge in [-0.05, 0) is 0 Å². The molecule has 0 radical (unpaired) electrons. The van der Waals surface area contributed by atoms with Gasteiger partial charge in [-0.25, -0.2) is 0 Å². The fraction of sp³-hybridized carbons (Fsp3) is 0.286. The van der Waals surface area contributed by atoms with Gasteiger partial charge in [0.2, 0.25) is 12.4 Å². The van der Waals surface area contributed by atoms with Crippen LogP contribution < -0.4 is 14.2 Å². The van der Waals surface area contributed by atoms with Crippen LogP contribution in [0.4, 0.5) is 0 Å². The highest BCUT2D eigenvalue weighted by Crippen LogP contribution is 1.73. The normalized spacial score (nSPS) is 7.33.